The number of ether oxygens (including phenoxy) is 2. The number of amides is 1. The summed E-state index contributed by atoms with van der Waals surface area (Å²) in [6.07, 6.45) is 6.49. The molecule has 2 fully saturated rings. The summed E-state index contributed by atoms with van der Waals surface area (Å²) in [6.45, 7) is 2.24. The Bertz CT molecular complexity index is 783. The Hall–Kier alpha value is -1.92. The van der Waals surface area contributed by atoms with Crippen LogP contribution < -0.4 is 4.74 Å². The van der Waals surface area contributed by atoms with Crippen LogP contribution in [0.1, 0.15) is 37.0 Å². The number of carbonyl (C=O) groups is 1. The van der Waals surface area contributed by atoms with E-state index < -0.39 is 0 Å². The van der Waals surface area contributed by atoms with E-state index in [4.69, 9.17) is 9.47 Å². The molecule has 2 saturated heterocycles. The number of likely N-dealkylation sites (tertiary alicyclic amines) is 1. The first-order valence-electron chi connectivity index (χ1n) is 9.18. The van der Waals surface area contributed by atoms with Crippen molar-refractivity contribution in [3.63, 3.8) is 0 Å². The Kier molecular flexibility index (Phi) is 4.96. The number of thiazole rings is 1. The Morgan fingerprint density at radius 2 is 2.27 bits per heavy atom. The molecule has 1 atom stereocenters. The molecule has 1 amide bonds. The van der Waals surface area contributed by atoms with Gasteiger partial charge in [0.1, 0.15) is 10.8 Å². The van der Waals surface area contributed by atoms with Crippen molar-refractivity contribution < 1.29 is 14.3 Å². The lowest BCUT2D eigenvalue weighted by Crippen LogP contribution is -2.31. The van der Waals surface area contributed by atoms with E-state index in [2.05, 4.69) is 4.98 Å². The monoisotopic (exact) mass is 372 g/mol. The maximum absolute atomic E-state index is 12.6. The predicted molar refractivity (Wildman–Crippen MR) is 101 cm³/mol. The highest BCUT2D eigenvalue weighted by atomic mass is 32.1. The number of hydrogen-bond acceptors (Lipinski definition) is 5. The number of benzene rings is 1. The summed E-state index contributed by atoms with van der Waals surface area (Å²) in [7, 11) is 1.66. The Balaban J connectivity index is 1.45. The number of hydrogen-bond donors (Lipinski definition) is 0. The molecule has 0 N–H and O–H groups in total. The lowest BCUT2D eigenvalue weighted by atomic mass is 9.92. The maximum atomic E-state index is 12.6. The van der Waals surface area contributed by atoms with Gasteiger partial charge >= 0.3 is 0 Å². The molecule has 0 aliphatic carbocycles. The lowest BCUT2D eigenvalue weighted by molar-refractivity contribution is -0.131. The fourth-order valence-electron chi connectivity index (χ4n) is 3.86. The summed E-state index contributed by atoms with van der Waals surface area (Å²) in [4.78, 5) is 20.2. The molecule has 2 aromatic rings. The molecule has 6 heteroatoms. The number of methoxy groups -OCH3 is 1. The molecule has 5 nitrogen and oxygen atoms in total. The third kappa shape index (κ3) is 3.62. The molecule has 0 radical (unpaired) electrons. The van der Waals surface area contributed by atoms with Crippen molar-refractivity contribution in [1.29, 1.82) is 0 Å². The van der Waals surface area contributed by atoms with Crippen molar-refractivity contribution in [2.75, 3.05) is 20.3 Å². The van der Waals surface area contributed by atoms with Crippen LogP contribution in [0.25, 0.3) is 10.6 Å². The van der Waals surface area contributed by atoms with Gasteiger partial charge in [-0.1, -0.05) is 12.1 Å². The minimum atomic E-state index is -0.0517. The third-order valence-electron chi connectivity index (χ3n) is 5.39. The van der Waals surface area contributed by atoms with E-state index in [0.29, 0.717) is 13.0 Å². The average molecular weight is 372 g/mol. The Morgan fingerprint density at radius 3 is 3.08 bits per heavy atom. The van der Waals surface area contributed by atoms with Gasteiger partial charge in [-0.2, -0.15) is 0 Å². The maximum Gasteiger partial charge on any atom is 0.223 e. The molecule has 138 valence electrons. The van der Waals surface area contributed by atoms with E-state index in [-0.39, 0.29) is 11.5 Å². The molecule has 0 saturated carbocycles. The van der Waals surface area contributed by atoms with Gasteiger partial charge in [0.05, 0.1) is 19.3 Å². The minimum Gasteiger partial charge on any atom is -0.497 e. The van der Waals surface area contributed by atoms with Crippen LogP contribution in [-0.4, -0.2) is 41.7 Å². The van der Waals surface area contributed by atoms with Crippen molar-refractivity contribution >= 4 is 17.2 Å². The van der Waals surface area contributed by atoms with Crippen LogP contribution in [0.5, 0.6) is 5.75 Å². The first-order valence-corrected chi connectivity index (χ1v) is 10.00. The van der Waals surface area contributed by atoms with Gasteiger partial charge in [-0.15, -0.1) is 11.3 Å². The van der Waals surface area contributed by atoms with Gasteiger partial charge in [-0.25, -0.2) is 4.98 Å². The third-order valence-corrected chi connectivity index (χ3v) is 6.42. The topological polar surface area (TPSA) is 51.7 Å². The van der Waals surface area contributed by atoms with Gasteiger partial charge in [-0.05, 0) is 37.8 Å². The summed E-state index contributed by atoms with van der Waals surface area (Å²) >= 11 is 1.64. The van der Waals surface area contributed by atoms with E-state index in [0.717, 1.165) is 60.0 Å². The van der Waals surface area contributed by atoms with Gasteiger partial charge in [0.15, 0.2) is 0 Å². The highest BCUT2D eigenvalue weighted by Crippen LogP contribution is 2.36. The summed E-state index contributed by atoms with van der Waals surface area (Å²) < 4.78 is 11.3. The van der Waals surface area contributed by atoms with E-state index in [9.17, 15) is 4.79 Å². The highest BCUT2D eigenvalue weighted by Gasteiger charge is 2.38. The first-order chi connectivity index (χ1) is 12.7. The average Bonchev–Trinajstić information content (AvgIpc) is 3.30. The van der Waals surface area contributed by atoms with Crippen molar-refractivity contribution in [3.05, 3.63) is 35.3 Å². The zero-order valence-corrected chi connectivity index (χ0v) is 15.9. The fourth-order valence-corrected chi connectivity index (χ4v) is 4.78. The fraction of sp³-hybridized carbons (Fsp3) is 0.500. The van der Waals surface area contributed by atoms with Crippen LogP contribution >= 0.6 is 11.3 Å². The quantitative estimate of drug-likeness (QED) is 0.817. The molecule has 1 aromatic heterocycles. The second-order valence-electron chi connectivity index (χ2n) is 7.06. The minimum absolute atomic E-state index is 0.0517. The van der Waals surface area contributed by atoms with E-state index >= 15 is 0 Å². The molecular formula is C20H24N2O3S. The van der Waals surface area contributed by atoms with Gasteiger partial charge in [0, 0.05) is 36.2 Å². The first kappa shape index (κ1) is 17.5. The molecule has 0 bridgehead atoms. The zero-order chi connectivity index (χ0) is 18.0. The SMILES string of the molecule is COc1cccc(-c2ncc(CN3CCC4(CCCO4)CCC3=O)s2)c1. The van der Waals surface area contributed by atoms with Crippen LogP contribution in [0.4, 0.5) is 0 Å². The number of rotatable bonds is 4. The van der Waals surface area contributed by atoms with Crippen molar-refractivity contribution in [1.82, 2.24) is 9.88 Å². The smallest absolute Gasteiger partial charge is 0.223 e. The summed E-state index contributed by atoms with van der Waals surface area (Å²) in [5.74, 6) is 1.05. The highest BCUT2D eigenvalue weighted by molar-refractivity contribution is 7.15. The molecule has 3 heterocycles. The van der Waals surface area contributed by atoms with Gasteiger partial charge < -0.3 is 14.4 Å². The number of aromatic nitrogens is 1. The van der Waals surface area contributed by atoms with Crippen molar-refractivity contribution in [3.8, 4) is 16.3 Å². The van der Waals surface area contributed by atoms with Gasteiger partial charge in [0.25, 0.3) is 0 Å². The van der Waals surface area contributed by atoms with E-state index in [1.807, 2.05) is 35.4 Å². The van der Waals surface area contributed by atoms with Gasteiger partial charge in [-0.3, -0.25) is 4.79 Å². The predicted octanol–water partition coefficient (Wildman–Crippen LogP) is 3.88. The second-order valence-corrected chi connectivity index (χ2v) is 8.18. The molecule has 2 aliphatic heterocycles. The Labute approximate surface area is 157 Å². The van der Waals surface area contributed by atoms with Crippen LogP contribution in [-0.2, 0) is 16.1 Å². The summed E-state index contributed by atoms with van der Waals surface area (Å²) in [5.41, 5.74) is 0.991. The number of nitrogens with zero attached hydrogens (tertiary/aromatic N) is 2. The van der Waals surface area contributed by atoms with Crippen LogP contribution in [0, 0.1) is 0 Å². The number of carbonyl (C=O) groups excluding carboxylic acids is 1. The second kappa shape index (κ2) is 7.37. The van der Waals surface area contributed by atoms with Crippen LogP contribution in [0.15, 0.2) is 30.5 Å². The standard InChI is InChI=1S/C20H24N2O3S/c1-24-16-5-2-4-15(12-16)19-21-13-17(26-19)14-22-10-9-20(7-3-11-25-20)8-6-18(22)23/h2,4-5,12-13H,3,6-11,14H2,1H3. The molecule has 1 unspecified atom stereocenters. The molecule has 1 aromatic carbocycles. The lowest BCUT2D eigenvalue weighted by Gasteiger charge is -2.26. The molecular weight excluding hydrogens is 348 g/mol. The zero-order valence-electron chi connectivity index (χ0n) is 15.1. The summed E-state index contributed by atoms with van der Waals surface area (Å²) in [6, 6.07) is 7.91. The van der Waals surface area contributed by atoms with Crippen LogP contribution in [0.2, 0.25) is 0 Å². The van der Waals surface area contributed by atoms with Crippen LogP contribution in [0.3, 0.4) is 0 Å². The molecule has 2 aliphatic rings. The largest absolute Gasteiger partial charge is 0.497 e. The van der Waals surface area contributed by atoms with Crippen molar-refractivity contribution in [2.24, 2.45) is 0 Å². The normalized spacial score (nSPS) is 23.4. The molecule has 26 heavy (non-hydrogen) atoms. The van der Waals surface area contributed by atoms with E-state index in [1.54, 1.807) is 18.4 Å². The molecule has 1 spiro atoms. The Morgan fingerprint density at radius 1 is 1.35 bits per heavy atom. The molecule has 4 rings (SSSR count). The van der Waals surface area contributed by atoms with Crippen molar-refractivity contribution in [2.45, 2.75) is 44.2 Å². The van der Waals surface area contributed by atoms with Gasteiger partial charge in [0.2, 0.25) is 5.91 Å². The van der Waals surface area contributed by atoms with E-state index in [1.165, 1.54) is 0 Å². The summed E-state index contributed by atoms with van der Waals surface area (Å²) in [5, 5.41) is 0.955.